The predicted molar refractivity (Wildman–Crippen MR) is 102 cm³/mol. The van der Waals surface area contributed by atoms with Gasteiger partial charge in [0.25, 0.3) is 0 Å². The second kappa shape index (κ2) is 8.44. The largest absolute Gasteiger partial charge is 0.496 e. The summed E-state index contributed by atoms with van der Waals surface area (Å²) in [4.78, 5) is 8.58. The molecule has 0 aliphatic heterocycles. The lowest BCUT2D eigenvalue weighted by Gasteiger charge is -2.12. The fourth-order valence-electron chi connectivity index (χ4n) is 2.69. The highest BCUT2D eigenvalue weighted by Gasteiger charge is 2.08. The number of para-hydroxylation sites is 1. The maximum absolute atomic E-state index is 13.8. The van der Waals surface area contributed by atoms with Crippen LogP contribution in [0.4, 0.5) is 26.1 Å². The summed E-state index contributed by atoms with van der Waals surface area (Å²) in [6, 6.07) is 12.8. The van der Waals surface area contributed by atoms with Crippen molar-refractivity contribution in [3.8, 4) is 5.75 Å². The minimum atomic E-state index is -0.683. The molecule has 0 aliphatic rings. The Hall–Kier alpha value is -3.22. The van der Waals surface area contributed by atoms with Gasteiger partial charge in [-0.05, 0) is 37.1 Å². The van der Waals surface area contributed by atoms with E-state index in [-0.39, 0.29) is 5.69 Å². The van der Waals surface area contributed by atoms with Gasteiger partial charge >= 0.3 is 0 Å². The molecule has 2 aromatic carbocycles. The Kier molecular flexibility index (Phi) is 5.80. The van der Waals surface area contributed by atoms with Crippen LogP contribution in [0.2, 0.25) is 0 Å². The lowest BCUT2D eigenvalue weighted by Crippen LogP contribution is -2.09. The van der Waals surface area contributed by atoms with E-state index in [0.717, 1.165) is 23.8 Å². The number of aromatic nitrogens is 2. The predicted octanol–water partition coefficient (Wildman–Crippen LogP) is 4.47. The number of methoxy groups -OCH3 is 1. The van der Waals surface area contributed by atoms with Crippen LogP contribution in [0.1, 0.15) is 11.4 Å². The summed E-state index contributed by atoms with van der Waals surface area (Å²) in [6.45, 7) is 2.39. The van der Waals surface area contributed by atoms with Gasteiger partial charge in [-0.2, -0.15) is 0 Å². The fourth-order valence-corrected chi connectivity index (χ4v) is 2.69. The van der Waals surface area contributed by atoms with Crippen LogP contribution in [0.15, 0.2) is 48.5 Å². The van der Waals surface area contributed by atoms with Crippen molar-refractivity contribution in [2.75, 3.05) is 24.3 Å². The summed E-state index contributed by atoms with van der Waals surface area (Å²) in [6.07, 6.45) is 0.752. The van der Waals surface area contributed by atoms with E-state index < -0.39 is 11.6 Å². The molecule has 140 valence electrons. The highest BCUT2D eigenvalue weighted by atomic mass is 19.1. The van der Waals surface area contributed by atoms with Crippen molar-refractivity contribution in [2.45, 2.75) is 13.3 Å². The van der Waals surface area contributed by atoms with Crippen molar-refractivity contribution in [1.82, 2.24) is 9.97 Å². The van der Waals surface area contributed by atoms with E-state index in [9.17, 15) is 8.78 Å². The number of hydrogen-bond donors (Lipinski definition) is 2. The lowest BCUT2D eigenvalue weighted by molar-refractivity contribution is 0.410. The van der Waals surface area contributed by atoms with E-state index in [4.69, 9.17) is 4.74 Å². The zero-order valence-electron chi connectivity index (χ0n) is 15.1. The smallest absolute Gasteiger partial charge is 0.149 e. The van der Waals surface area contributed by atoms with Gasteiger partial charge in [0, 0.05) is 18.7 Å². The molecule has 0 saturated carbocycles. The Labute approximate surface area is 156 Å². The summed E-state index contributed by atoms with van der Waals surface area (Å²) in [5, 5.41) is 6.09. The Balaban J connectivity index is 1.68. The maximum atomic E-state index is 13.8. The van der Waals surface area contributed by atoms with Crippen molar-refractivity contribution >= 4 is 17.3 Å². The number of nitrogens with one attached hydrogen (secondary N) is 2. The molecule has 7 heteroatoms. The molecule has 0 unspecified atom stereocenters. The van der Waals surface area contributed by atoms with Gasteiger partial charge in [0.15, 0.2) is 0 Å². The molecule has 0 bridgehead atoms. The first-order valence-corrected chi connectivity index (χ1v) is 8.48. The number of benzene rings is 2. The van der Waals surface area contributed by atoms with Crippen molar-refractivity contribution in [1.29, 1.82) is 0 Å². The van der Waals surface area contributed by atoms with Gasteiger partial charge in [0.1, 0.15) is 34.8 Å². The summed E-state index contributed by atoms with van der Waals surface area (Å²) in [7, 11) is 1.65. The molecule has 0 fully saturated rings. The molecule has 5 nitrogen and oxygen atoms in total. The monoisotopic (exact) mass is 370 g/mol. The van der Waals surface area contributed by atoms with E-state index in [2.05, 4.69) is 20.6 Å². The van der Waals surface area contributed by atoms with E-state index in [1.165, 1.54) is 12.1 Å². The Morgan fingerprint density at radius 3 is 2.56 bits per heavy atom. The standard InChI is InChI=1S/C20H20F2N4O/c1-13-24-19(23-10-9-14-5-3-4-6-18(14)27-2)12-20(25-13)26-17-8-7-15(21)11-16(17)22/h3-8,11-12H,9-10H2,1-2H3,(H2,23,24,25,26). The maximum Gasteiger partial charge on any atom is 0.149 e. The Morgan fingerprint density at radius 1 is 1.00 bits per heavy atom. The zero-order valence-corrected chi connectivity index (χ0v) is 15.1. The molecule has 0 radical (unpaired) electrons. The molecule has 0 amide bonds. The van der Waals surface area contributed by atoms with Gasteiger partial charge in [0.05, 0.1) is 12.8 Å². The minimum absolute atomic E-state index is 0.148. The van der Waals surface area contributed by atoms with Crippen molar-refractivity contribution in [3.05, 3.63) is 71.6 Å². The van der Waals surface area contributed by atoms with E-state index in [1.54, 1.807) is 20.1 Å². The van der Waals surface area contributed by atoms with Crippen molar-refractivity contribution in [2.24, 2.45) is 0 Å². The molecular formula is C20H20F2N4O. The molecule has 3 rings (SSSR count). The average Bonchev–Trinajstić information content (AvgIpc) is 2.64. The minimum Gasteiger partial charge on any atom is -0.496 e. The van der Waals surface area contributed by atoms with Crippen LogP contribution in [-0.2, 0) is 6.42 Å². The van der Waals surface area contributed by atoms with E-state index in [1.807, 2.05) is 24.3 Å². The lowest BCUT2D eigenvalue weighted by atomic mass is 10.1. The third-order valence-electron chi connectivity index (χ3n) is 3.92. The van der Waals surface area contributed by atoms with Crippen molar-refractivity contribution < 1.29 is 13.5 Å². The third kappa shape index (κ3) is 4.91. The first-order valence-electron chi connectivity index (χ1n) is 8.48. The van der Waals surface area contributed by atoms with Gasteiger partial charge in [-0.25, -0.2) is 18.7 Å². The first kappa shape index (κ1) is 18.6. The summed E-state index contributed by atoms with van der Waals surface area (Å²) in [5.74, 6) is 1.09. The molecule has 2 N–H and O–H groups in total. The molecule has 3 aromatic rings. The summed E-state index contributed by atoms with van der Waals surface area (Å²) in [5.41, 5.74) is 1.24. The van der Waals surface area contributed by atoms with Gasteiger partial charge in [-0.3, -0.25) is 0 Å². The Morgan fingerprint density at radius 2 is 1.78 bits per heavy atom. The molecule has 0 atom stereocenters. The quantitative estimate of drug-likeness (QED) is 0.643. The van der Waals surface area contributed by atoms with E-state index >= 15 is 0 Å². The molecular weight excluding hydrogens is 350 g/mol. The molecule has 0 saturated heterocycles. The second-order valence-electron chi connectivity index (χ2n) is 5.92. The first-order chi connectivity index (χ1) is 13.0. The van der Waals surface area contributed by atoms with Crippen LogP contribution in [-0.4, -0.2) is 23.6 Å². The SMILES string of the molecule is COc1ccccc1CCNc1cc(Nc2ccc(F)cc2F)nc(C)n1. The highest BCUT2D eigenvalue weighted by molar-refractivity contribution is 5.59. The Bertz CT molecular complexity index is 934. The van der Waals surface area contributed by atoms with Gasteiger partial charge in [-0.15, -0.1) is 0 Å². The van der Waals surface area contributed by atoms with Crippen LogP contribution in [0.5, 0.6) is 5.75 Å². The molecule has 0 spiro atoms. The number of hydrogen-bond acceptors (Lipinski definition) is 5. The summed E-state index contributed by atoms with van der Waals surface area (Å²) >= 11 is 0. The molecule has 27 heavy (non-hydrogen) atoms. The number of halogens is 2. The van der Waals surface area contributed by atoms with E-state index in [0.29, 0.717) is 24.0 Å². The highest BCUT2D eigenvalue weighted by Crippen LogP contribution is 2.22. The number of anilines is 3. The summed E-state index contributed by atoms with van der Waals surface area (Å²) < 4.78 is 32.2. The topological polar surface area (TPSA) is 59.1 Å². The van der Waals surface area contributed by atoms with Gasteiger partial charge in [-0.1, -0.05) is 18.2 Å². The number of rotatable bonds is 7. The number of nitrogens with zero attached hydrogens (tertiary/aromatic N) is 2. The van der Waals surface area contributed by atoms with Crippen LogP contribution in [0.25, 0.3) is 0 Å². The average molecular weight is 370 g/mol. The second-order valence-corrected chi connectivity index (χ2v) is 5.92. The van der Waals surface area contributed by atoms with Crippen LogP contribution >= 0.6 is 0 Å². The van der Waals surface area contributed by atoms with Crippen LogP contribution in [0.3, 0.4) is 0 Å². The normalized spacial score (nSPS) is 10.5. The molecule has 1 heterocycles. The fraction of sp³-hybridized carbons (Fsp3) is 0.200. The van der Waals surface area contributed by atoms with Gasteiger partial charge < -0.3 is 15.4 Å². The van der Waals surface area contributed by atoms with Crippen molar-refractivity contribution in [3.63, 3.8) is 0 Å². The zero-order chi connectivity index (χ0) is 19.2. The number of ether oxygens (including phenoxy) is 1. The molecule has 1 aromatic heterocycles. The number of aryl methyl sites for hydroxylation is 1. The van der Waals surface area contributed by atoms with Crippen LogP contribution in [0, 0.1) is 18.6 Å². The third-order valence-corrected chi connectivity index (χ3v) is 3.92. The molecule has 0 aliphatic carbocycles. The van der Waals surface area contributed by atoms with Crippen LogP contribution < -0.4 is 15.4 Å². The van der Waals surface area contributed by atoms with Gasteiger partial charge in [0.2, 0.25) is 0 Å².